The molecule has 0 bridgehead atoms. The highest BCUT2D eigenvalue weighted by Crippen LogP contribution is 2.34. The quantitative estimate of drug-likeness (QED) is 0.375. The molecule has 1 amide bonds. The minimum atomic E-state index is -3.59. The smallest absolute Gasteiger partial charge is 0.321 e. The van der Waals surface area contributed by atoms with Gasteiger partial charge in [-0.3, -0.25) is 4.79 Å². The second-order valence-corrected chi connectivity index (χ2v) is 8.91. The molecule has 4 aromatic rings. The summed E-state index contributed by atoms with van der Waals surface area (Å²) in [7, 11) is 3.25. The molecule has 36 heavy (non-hydrogen) atoms. The third-order valence-electron chi connectivity index (χ3n) is 5.66. The van der Waals surface area contributed by atoms with E-state index in [9.17, 15) is 18.0 Å². The zero-order chi connectivity index (χ0) is 26.2. The van der Waals surface area contributed by atoms with Crippen LogP contribution in [0, 0.1) is 12.7 Å². The zero-order valence-electron chi connectivity index (χ0n) is 19.9. The van der Waals surface area contributed by atoms with Gasteiger partial charge in [-0.1, -0.05) is 23.7 Å². The summed E-state index contributed by atoms with van der Waals surface area (Å²) in [5.74, 6) is -5.60. The molecule has 2 aromatic carbocycles. The second-order valence-electron chi connectivity index (χ2n) is 8.50. The van der Waals surface area contributed by atoms with Gasteiger partial charge >= 0.3 is 5.92 Å². The van der Waals surface area contributed by atoms with Gasteiger partial charge in [0, 0.05) is 42.1 Å². The van der Waals surface area contributed by atoms with Crippen molar-refractivity contribution < 1.29 is 22.7 Å². The number of halogens is 4. The Labute approximate surface area is 211 Å². The Morgan fingerprint density at radius 1 is 1.31 bits per heavy atom. The predicted molar refractivity (Wildman–Crippen MR) is 132 cm³/mol. The lowest BCUT2D eigenvalue weighted by molar-refractivity contribution is -0.143. The van der Waals surface area contributed by atoms with Gasteiger partial charge in [0.05, 0.1) is 5.02 Å². The Morgan fingerprint density at radius 3 is 2.72 bits per heavy atom. The summed E-state index contributed by atoms with van der Waals surface area (Å²) in [4.78, 5) is 20.8. The largest absolute Gasteiger partial charge is 0.487 e. The lowest BCUT2D eigenvalue weighted by Crippen LogP contribution is -2.40. The van der Waals surface area contributed by atoms with E-state index in [0.717, 1.165) is 28.8 Å². The number of fused-ring (bicyclic) bond motifs is 1. The summed E-state index contributed by atoms with van der Waals surface area (Å²) in [5.41, 5.74) is 2.70. The third-order valence-corrected chi connectivity index (χ3v) is 6.00. The van der Waals surface area contributed by atoms with Crippen LogP contribution in [0.15, 0.2) is 42.7 Å². The van der Waals surface area contributed by atoms with E-state index in [2.05, 4.69) is 20.4 Å². The lowest BCUT2D eigenvalue weighted by Gasteiger charge is -2.21. The first kappa shape index (κ1) is 25.5. The van der Waals surface area contributed by atoms with Crippen LogP contribution in [0.3, 0.4) is 0 Å². The van der Waals surface area contributed by atoms with Crippen LogP contribution in [0.1, 0.15) is 29.7 Å². The van der Waals surface area contributed by atoms with E-state index in [1.807, 2.05) is 19.1 Å². The normalized spacial score (nSPS) is 12.5. The number of nitrogens with zero attached hydrogens (tertiary/aromatic N) is 4. The molecule has 0 unspecified atom stereocenters. The first-order chi connectivity index (χ1) is 17.0. The van der Waals surface area contributed by atoms with Crippen LogP contribution in [-0.4, -0.2) is 39.4 Å². The number of carbonyl (C=O) groups is 1. The number of carbonyl (C=O) groups excluding carboxylic acids is 1. The van der Waals surface area contributed by atoms with Crippen molar-refractivity contribution in [3.8, 4) is 17.1 Å². The number of hydrogen-bond acceptors (Lipinski definition) is 5. The lowest BCUT2D eigenvalue weighted by atomic mass is 9.85. The molecule has 0 aliphatic carbocycles. The van der Waals surface area contributed by atoms with Gasteiger partial charge in [0.1, 0.15) is 37.9 Å². The van der Waals surface area contributed by atoms with Gasteiger partial charge in [0.25, 0.3) is 5.91 Å². The Balaban J connectivity index is 1.70. The highest BCUT2D eigenvalue weighted by molar-refractivity contribution is 6.31. The van der Waals surface area contributed by atoms with Crippen LogP contribution in [-0.2, 0) is 18.4 Å². The average Bonchev–Trinajstić information content (AvgIpc) is 3.22. The third kappa shape index (κ3) is 5.16. The molecule has 1 N–H and O–H groups in total. The van der Waals surface area contributed by atoms with Crippen molar-refractivity contribution in [2.45, 2.75) is 32.3 Å². The van der Waals surface area contributed by atoms with Crippen LogP contribution < -0.4 is 10.1 Å². The number of rotatable bonds is 7. The molecule has 186 valence electrons. The fraction of sp³-hybridized carbons (Fsp3) is 0.250. The van der Waals surface area contributed by atoms with Crippen LogP contribution in [0.5, 0.6) is 5.75 Å². The average molecular weight is 516 g/mol. The van der Waals surface area contributed by atoms with Crippen molar-refractivity contribution >= 4 is 36.3 Å². The molecule has 0 aliphatic heterocycles. The molecule has 0 aliphatic rings. The number of aryl methyl sites for hydroxylation is 2. The number of para-hydroxylation sites is 1. The van der Waals surface area contributed by atoms with Crippen molar-refractivity contribution in [2.24, 2.45) is 7.05 Å². The highest BCUT2D eigenvalue weighted by Gasteiger charge is 2.33. The summed E-state index contributed by atoms with van der Waals surface area (Å²) < 4.78 is 48.7. The van der Waals surface area contributed by atoms with Gasteiger partial charge in [0.2, 0.25) is 0 Å². The monoisotopic (exact) mass is 515 g/mol. The number of amides is 1. The van der Waals surface area contributed by atoms with Gasteiger partial charge in [-0.25, -0.2) is 19.0 Å². The molecular weight excluding hydrogens is 494 g/mol. The number of ether oxygens (including phenoxy) is 1. The number of nitrogens with one attached hydrogen (secondary N) is 1. The van der Waals surface area contributed by atoms with Gasteiger partial charge in [-0.05, 0) is 36.8 Å². The molecule has 1 atom stereocenters. The summed E-state index contributed by atoms with van der Waals surface area (Å²) in [6, 6.07) is 9.56. The van der Waals surface area contributed by atoms with Gasteiger partial charge in [0.15, 0.2) is 5.82 Å². The van der Waals surface area contributed by atoms with Crippen LogP contribution >= 0.6 is 11.6 Å². The fourth-order valence-electron chi connectivity index (χ4n) is 3.90. The summed E-state index contributed by atoms with van der Waals surface area (Å²) in [5, 5.41) is 7.16. The standard InChI is InChI=1S/C24H22BClF3N5O2/c1-12-7-16(22-30-11-31-34(22)3)14-5-4-6-19(20(14)32-12)36-10-17-15(8-13(27)9-18(17)26)21(25)33-23(35)24(2,28)29/h4-9,11,21H,10,25H2,1-3H3,(H,33,35)/t21-/m0/s1. The molecule has 0 saturated carbocycles. The molecule has 0 radical (unpaired) electrons. The van der Waals surface area contributed by atoms with Crippen LogP contribution in [0.25, 0.3) is 22.3 Å². The minimum absolute atomic E-state index is 0.0403. The van der Waals surface area contributed by atoms with Crippen molar-refractivity contribution in [1.82, 2.24) is 25.1 Å². The van der Waals surface area contributed by atoms with Crippen molar-refractivity contribution in [3.63, 3.8) is 0 Å². The summed E-state index contributed by atoms with van der Waals surface area (Å²) in [6.07, 6.45) is 1.46. The first-order valence-electron chi connectivity index (χ1n) is 11.0. The van der Waals surface area contributed by atoms with E-state index >= 15 is 0 Å². The maximum atomic E-state index is 14.2. The van der Waals surface area contributed by atoms with E-state index in [0.29, 0.717) is 29.6 Å². The molecule has 12 heteroatoms. The maximum Gasteiger partial charge on any atom is 0.321 e. The van der Waals surface area contributed by atoms with Gasteiger partial charge < -0.3 is 10.1 Å². The van der Waals surface area contributed by atoms with E-state index in [1.54, 1.807) is 23.9 Å². The predicted octanol–water partition coefficient (Wildman–Crippen LogP) is 4.11. The Morgan fingerprint density at radius 2 is 2.06 bits per heavy atom. The zero-order valence-corrected chi connectivity index (χ0v) is 20.7. The fourth-order valence-corrected chi connectivity index (χ4v) is 4.17. The van der Waals surface area contributed by atoms with Crippen molar-refractivity contribution in [1.29, 1.82) is 0 Å². The summed E-state index contributed by atoms with van der Waals surface area (Å²) >= 11 is 6.31. The molecule has 2 aromatic heterocycles. The highest BCUT2D eigenvalue weighted by atomic mass is 35.5. The van der Waals surface area contributed by atoms with E-state index in [-0.39, 0.29) is 17.2 Å². The topological polar surface area (TPSA) is 81.9 Å². The second kappa shape index (κ2) is 9.81. The summed E-state index contributed by atoms with van der Waals surface area (Å²) in [6.45, 7) is 2.21. The molecular formula is C24H22BClF3N5O2. The Hall–Kier alpha value is -3.60. The molecule has 0 saturated heterocycles. The Kier molecular flexibility index (Phi) is 6.95. The molecule has 7 nitrogen and oxygen atoms in total. The number of aromatic nitrogens is 4. The Bertz CT molecular complexity index is 1460. The number of benzene rings is 2. The van der Waals surface area contributed by atoms with E-state index in [4.69, 9.17) is 16.3 Å². The van der Waals surface area contributed by atoms with E-state index < -0.39 is 23.6 Å². The first-order valence-corrected chi connectivity index (χ1v) is 11.4. The number of alkyl halides is 2. The molecule has 4 rings (SSSR count). The van der Waals surface area contributed by atoms with Crippen LogP contribution in [0.4, 0.5) is 13.2 Å². The van der Waals surface area contributed by atoms with Crippen LogP contribution in [0.2, 0.25) is 5.02 Å². The number of pyridine rings is 1. The molecule has 0 spiro atoms. The number of hydrogen-bond donors (Lipinski definition) is 1. The van der Waals surface area contributed by atoms with Gasteiger partial charge in [-0.2, -0.15) is 13.9 Å². The van der Waals surface area contributed by atoms with E-state index in [1.165, 1.54) is 14.2 Å². The van der Waals surface area contributed by atoms with Crippen molar-refractivity contribution in [2.75, 3.05) is 0 Å². The maximum absolute atomic E-state index is 14.2. The minimum Gasteiger partial charge on any atom is -0.487 e. The van der Waals surface area contributed by atoms with Crippen molar-refractivity contribution in [3.05, 3.63) is 70.4 Å². The molecule has 0 fully saturated rings. The molecule has 2 heterocycles. The van der Waals surface area contributed by atoms with Gasteiger partial charge in [-0.15, -0.1) is 0 Å². The SMILES string of the molecule is B[C@@H](NC(=O)C(C)(F)F)c1cc(F)cc(Cl)c1COc1cccc2c(-c3ncnn3C)cc(C)nc12.